The van der Waals surface area contributed by atoms with E-state index in [1.807, 2.05) is 41.8 Å². The molecule has 0 aliphatic rings. The molecule has 5 heteroatoms. The predicted molar refractivity (Wildman–Crippen MR) is 82.3 cm³/mol. The second kappa shape index (κ2) is 7.25. The number of ether oxygens (including phenoxy) is 1. The number of thiophene rings is 1. The van der Waals surface area contributed by atoms with Crippen LogP contribution in [0.3, 0.4) is 0 Å². The molecule has 0 saturated carbocycles. The van der Waals surface area contributed by atoms with E-state index in [9.17, 15) is 4.79 Å². The Balaban J connectivity index is 1.90. The van der Waals surface area contributed by atoms with E-state index in [1.165, 1.54) is 17.6 Å². The van der Waals surface area contributed by atoms with Gasteiger partial charge >= 0.3 is 0 Å². The van der Waals surface area contributed by atoms with Gasteiger partial charge in [-0.1, -0.05) is 24.3 Å². The molecule has 0 unspecified atom stereocenters. The van der Waals surface area contributed by atoms with Gasteiger partial charge in [0, 0.05) is 11.8 Å². The number of carbonyl (C=O) groups excluding carboxylic acids is 1. The number of allylic oxidation sites excluding steroid dienone is 1. The summed E-state index contributed by atoms with van der Waals surface area (Å²) in [7, 11) is 1.63. The van der Waals surface area contributed by atoms with Crippen LogP contribution in [0.4, 0.5) is 0 Å². The molecule has 0 bridgehead atoms. The first-order valence-corrected chi connectivity index (χ1v) is 6.86. The van der Waals surface area contributed by atoms with Crippen molar-refractivity contribution in [2.24, 2.45) is 5.10 Å². The lowest BCUT2D eigenvalue weighted by atomic mass is 10.2. The summed E-state index contributed by atoms with van der Waals surface area (Å²) in [5.41, 5.74) is 3.41. The molecular formula is C15H14N2O2S. The summed E-state index contributed by atoms with van der Waals surface area (Å²) in [6.45, 7) is 0. The van der Waals surface area contributed by atoms with Crippen molar-refractivity contribution in [1.29, 1.82) is 0 Å². The van der Waals surface area contributed by atoms with Crippen LogP contribution in [-0.2, 0) is 0 Å². The highest BCUT2D eigenvalue weighted by Gasteiger charge is 2.03. The molecule has 0 aliphatic heterocycles. The molecule has 0 fully saturated rings. The summed E-state index contributed by atoms with van der Waals surface area (Å²) < 4.78 is 5.23. The van der Waals surface area contributed by atoms with E-state index in [-0.39, 0.29) is 5.91 Å². The monoisotopic (exact) mass is 286 g/mol. The maximum atomic E-state index is 11.6. The molecule has 20 heavy (non-hydrogen) atoms. The first kappa shape index (κ1) is 14.0. The number of hydrogen-bond acceptors (Lipinski definition) is 4. The van der Waals surface area contributed by atoms with Crippen molar-refractivity contribution < 1.29 is 9.53 Å². The van der Waals surface area contributed by atoms with Gasteiger partial charge in [-0.25, -0.2) is 5.43 Å². The molecule has 0 spiro atoms. The zero-order chi connectivity index (χ0) is 14.2. The van der Waals surface area contributed by atoms with Gasteiger partial charge in [-0.15, -0.1) is 11.3 Å². The summed E-state index contributed by atoms with van der Waals surface area (Å²) in [5.74, 6) is 0.585. The normalized spacial score (nSPS) is 11.1. The smallest absolute Gasteiger partial charge is 0.281 e. The minimum Gasteiger partial charge on any atom is -0.496 e. The van der Waals surface area contributed by atoms with Crippen molar-refractivity contribution in [2.75, 3.05) is 7.11 Å². The van der Waals surface area contributed by atoms with Gasteiger partial charge in [0.1, 0.15) is 5.75 Å². The van der Waals surface area contributed by atoms with Gasteiger partial charge in [0.25, 0.3) is 5.91 Å². The standard InChI is InChI=1S/C15H14N2O2S/c1-19-13-8-3-2-6-12(13)7-4-10-16-17-15(18)14-9-5-11-20-14/h2-11H,1H3,(H,17,18)/b7-4+,16-10?. The lowest BCUT2D eigenvalue weighted by Gasteiger charge is -2.02. The molecular weight excluding hydrogens is 272 g/mol. The fourth-order valence-electron chi connectivity index (χ4n) is 1.55. The van der Waals surface area contributed by atoms with Crippen molar-refractivity contribution in [1.82, 2.24) is 5.43 Å². The lowest BCUT2D eigenvalue weighted by Crippen LogP contribution is -2.15. The molecule has 0 atom stereocenters. The summed E-state index contributed by atoms with van der Waals surface area (Å²) >= 11 is 1.38. The van der Waals surface area contributed by atoms with Gasteiger partial charge in [0.15, 0.2) is 0 Å². The molecule has 1 amide bonds. The minimum absolute atomic E-state index is 0.207. The van der Waals surface area contributed by atoms with Gasteiger partial charge in [0.2, 0.25) is 0 Å². The van der Waals surface area contributed by atoms with E-state index in [0.717, 1.165) is 11.3 Å². The summed E-state index contributed by atoms with van der Waals surface area (Å²) in [6, 6.07) is 11.2. The number of nitrogens with zero attached hydrogens (tertiary/aromatic N) is 1. The highest BCUT2D eigenvalue weighted by molar-refractivity contribution is 7.12. The van der Waals surface area contributed by atoms with Crippen molar-refractivity contribution in [3.05, 3.63) is 58.3 Å². The van der Waals surface area contributed by atoms with Crippen LogP contribution in [0.1, 0.15) is 15.2 Å². The largest absolute Gasteiger partial charge is 0.496 e. The molecule has 0 aliphatic carbocycles. The molecule has 2 aromatic rings. The molecule has 1 aromatic carbocycles. The Kier molecular flexibility index (Phi) is 5.08. The van der Waals surface area contributed by atoms with Crippen LogP contribution in [0.2, 0.25) is 0 Å². The molecule has 1 heterocycles. The molecule has 1 N–H and O–H groups in total. The van der Waals surface area contributed by atoms with Crippen molar-refractivity contribution in [2.45, 2.75) is 0 Å². The highest BCUT2D eigenvalue weighted by Crippen LogP contribution is 2.18. The maximum Gasteiger partial charge on any atom is 0.281 e. The molecule has 0 radical (unpaired) electrons. The van der Waals surface area contributed by atoms with E-state index in [4.69, 9.17) is 4.74 Å². The molecule has 1 aromatic heterocycles. The molecule has 2 rings (SSSR count). The van der Waals surface area contributed by atoms with Crippen molar-refractivity contribution >= 4 is 29.5 Å². The Bertz CT molecular complexity index is 619. The Morgan fingerprint density at radius 1 is 1.30 bits per heavy atom. The van der Waals surface area contributed by atoms with Crippen molar-refractivity contribution in [3.63, 3.8) is 0 Å². The number of hydrogen-bond donors (Lipinski definition) is 1. The van der Waals surface area contributed by atoms with Crippen LogP contribution in [0.5, 0.6) is 5.75 Å². The van der Waals surface area contributed by atoms with Crippen LogP contribution in [0.15, 0.2) is 53.0 Å². The van der Waals surface area contributed by atoms with Crippen LogP contribution in [0, 0.1) is 0 Å². The van der Waals surface area contributed by atoms with E-state index in [0.29, 0.717) is 4.88 Å². The van der Waals surface area contributed by atoms with Gasteiger partial charge in [0.05, 0.1) is 12.0 Å². The number of carbonyl (C=O) groups is 1. The second-order valence-corrected chi connectivity index (χ2v) is 4.75. The van der Waals surface area contributed by atoms with E-state index >= 15 is 0 Å². The van der Waals surface area contributed by atoms with Gasteiger partial charge in [-0.3, -0.25) is 4.79 Å². The van der Waals surface area contributed by atoms with Crippen LogP contribution in [-0.4, -0.2) is 19.2 Å². The Morgan fingerprint density at radius 3 is 2.90 bits per heavy atom. The summed E-state index contributed by atoms with van der Waals surface area (Å²) in [4.78, 5) is 12.2. The third kappa shape index (κ3) is 3.80. The SMILES string of the molecule is COc1ccccc1/C=C/C=NNC(=O)c1cccs1. The van der Waals surface area contributed by atoms with Crippen LogP contribution in [0.25, 0.3) is 6.08 Å². The third-order valence-corrected chi connectivity index (χ3v) is 3.36. The van der Waals surface area contributed by atoms with Gasteiger partial charge in [-0.2, -0.15) is 5.10 Å². The zero-order valence-corrected chi connectivity index (χ0v) is 11.8. The highest BCUT2D eigenvalue weighted by atomic mass is 32.1. The number of para-hydroxylation sites is 1. The second-order valence-electron chi connectivity index (χ2n) is 3.80. The maximum absolute atomic E-state index is 11.6. The van der Waals surface area contributed by atoms with Gasteiger partial charge < -0.3 is 4.74 Å². The number of amides is 1. The quantitative estimate of drug-likeness (QED) is 0.678. The third-order valence-electron chi connectivity index (χ3n) is 2.49. The number of nitrogens with one attached hydrogen (secondary N) is 1. The molecule has 4 nitrogen and oxygen atoms in total. The Labute approximate surface area is 121 Å². The van der Waals surface area contributed by atoms with Crippen molar-refractivity contribution in [3.8, 4) is 5.75 Å². The van der Waals surface area contributed by atoms with E-state index in [2.05, 4.69) is 10.5 Å². The van der Waals surface area contributed by atoms with Gasteiger partial charge in [-0.05, 0) is 29.7 Å². The number of rotatable bonds is 5. The number of methoxy groups -OCH3 is 1. The first-order chi connectivity index (χ1) is 9.81. The topological polar surface area (TPSA) is 50.7 Å². The van der Waals surface area contributed by atoms with E-state index in [1.54, 1.807) is 19.3 Å². The first-order valence-electron chi connectivity index (χ1n) is 5.98. The fourth-order valence-corrected chi connectivity index (χ4v) is 2.17. The average molecular weight is 286 g/mol. The number of hydrazone groups is 1. The zero-order valence-electron chi connectivity index (χ0n) is 10.9. The van der Waals surface area contributed by atoms with Crippen LogP contribution < -0.4 is 10.2 Å². The minimum atomic E-state index is -0.207. The summed E-state index contributed by atoms with van der Waals surface area (Å²) in [6.07, 6.45) is 5.13. The fraction of sp³-hybridized carbons (Fsp3) is 0.0667. The summed E-state index contributed by atoms with van der Waals surface area (Å²) in [5, 5.41) is 5.70. The Morgan fingerprint density at radius 2 is 2.15 bits per heavy atom. The lowest BCUT2D eigenvalue weighted by molar-refractivity contribution is 0.0959. The predicted octanol–water partition coefficient (Wildman–Crippen LogP) is 3.19. The average Bonchev–Trinajstić information content (AvgIpc) is 3.01. The number of benzene rings is 1. The van der Waals surface area contributed by atoms with Crippen LogP contribution >= 0.6 is 11.3 Å². The molecule has 0 saturated heterocycles. The van der Waals surface area contributed by atoms with E-state index < -0.39 is 0 Å². The Hall–Kier alpha value is -2.40. The molecule has 102 valence electrons.